The molecule has 1 aliphatic rings. The summed E-state index contributed by atoms with van der Waals surface area (Å²) in [5.74, 6) is 0.685. The Morgan fingerprint density at radius 3 is 2.69 bits per heavy atom. The van der Waals surface area contributed by atoms with Crippen LogP contribution < -0.4 is 5.32 Å². The van der Waals surface area contributed by atoms with Gasteiger partial charge in [-0.15, -0.1) is 0 Å². The summed E-state index contributed by atoms with van der Waals surface area (Å²) in [4.78, 5) is 10.3. The maximum absolute atomic E-state index is 10.3. The summed E-state index contributed by atoms with van der Waals surface area (Å²) >= 11 is 0. The predicted octanol–water partition coefficient (Wildman–Crippen LogP) is 2.71. The van der Waals surface area contributed by atoms with Crippen LogP contribution in [0, 0.1) is 5.92 Å². The Morgan fingerprint density at radius 2 is 2.06 bits per heavy atom. The number of rotatable bonds is 4. The smallest absolute Gasteiger partial charge is 0.120 e. The Morgan fingerprint density at radius 1 is 1.25 bits per heavy atom. The molecule has 1 heterocycles. The molecule has 0 aliphatic carbocycles. The second kappa shape index (κ2) is 5.80. The van der Waals surface area contributed by atoms with E-state index in [0.29, 0.717) is 18.4 Å². The summed E-state index contributed by atoms with van der Waals surface area (Å²) in [6.45, 7) is 1.05. The summed E-state index contributed by atoms with van der Waals surface area (Å²) < 4.78 is 0. The number of carbonyl (C=O) groups is 1. The van der Waals surface area contributed by atoms with Gasteiger partial charge in [-0.25, -0.2) is 0 Å². The molecule has 2 nitrogen and oxygen atoms in total. The lowest BCUT2D eigenvalue weighted by Gasteiger charge is -2.30. The highest BCUT2D eigenvalue weighted by Gasteiger charge is 2.20. The number of carbonyl (C=O) groups excluding carboxylic acids is 1. The molecule has 0 bridgehead atoms. The molecule has 1 N–H and O–H groups in total. The van der Waals surface area contributed by atoms with E-state index in [0.717, 1.165) is 19.3 Å². The zero-order valence-corrected chi connectivity index (χ0v) is 9.56. The molecule has 0 spiro atoms. The highest BCUT2D eigenvalue weighted by Crippen LogP contribution is 2.27. The molecule has 2 unspecified atom stereocenters. The van der Waals surface area contributed by atoms with Gasteiger partial charge in [-0.2, -0.15) is 0 Å². The Bertz CT molecular complexity index is 315. The summed E-state index contributed by atoms with van der Waals surface area (Å²) in [7, 11) is 0. The Labute approximate surface area is 97.1 Å². The van der Waals surface area contributed by atoms with Crippen molar-refractivity contribution in [3.63, 3.8) is 0 Å². The predicted molar refractivity (Wildman–Crippen MR) is 65.2 cm³/mol. The second-order valence-electron chi connectivity index (χ2n) is 4.56. The number of benzene rings is 1. The minimum atomic E-state index is 0.508. The molecular weight excluding hydrogens is 198 g/mol. The molecule has 0 saturated carbocycles. The maximum atomic E-state index is 10.3. The molecule has 0 radical (unpaired) electrons. The van der Waals surface area contributed by atoms with Crippen LogP contribution in [0.15, 0.2) is 30.3 Å². The van der Waals surface area contributed by atoms with E-state index in [1.54, 1.807) is 0 Å². The SMILES string of the molecule is O=CCCC1CCC(c2ccccc2)NC1. The quantitative estimate of drug-likeness (QED) is 0.786. The molecule has 2 rings (SSSR count). The van der Waals surface area contributed by atoms with E-state index in [-0.39, 0.29) is 0 Å². The lowest BCUT2D eigenvalue weighted by atomic mass is 9.88. The van der Waals surface area contributed by atoms with E-state index in [9.17, 15) is 4.79 Å². The Balaban J connectivity index is 1.83. The Hall–Kier alpha value is -1.15. The molecule has 2 heteroatoms. The van der Waals surface area contributed by atoms with E-state index < -0.39 is 0 Å². The van der Waals surface area contributed by atoms with Crippen molar-refractivity contribution in [1.82, 2.24) is 5.32 Å². The Kier molecular flexibility index (Phi) is 4.11. The van der Waals surface area contributed by atoms with Gasteiger partial charge in [-0.05, 0) is 37.3 Å². The van der Waals surface area contributed by atoms with Gasteiger partial charge < -0.3 is 10.1 Å². The number of hydrogen-bond donors (Lipinski definition) is 1. The zero-order chi connectivity index (χ0) is 11.2. The van der Waals surface area contributed by atoms with Crippen LogP contribution >= 0.6 is 0 Å². The first-order chi connectivity index (χ1) is 7.90. The fourth-order valence-corrected chi connectivity index (χ4v) is 2.44. The first-order valence-corrected chi connectivity index (χ1v) is 6.12. The van der Waals surface area contributed by atoms with E-state index in [4.69, 9.17) is 0 Å². The average molecular weight is 217 g/mol. The van der Waals surface area contributed by atoms with Crippen LogP contribution in [0.25, 0.3) is 0 Å². The maximum Gasteiger partial charge on any atom is 0.120 e. The standard InChI is InChI=1S/C14H19NO/c16-10-4-5-12-8-9-14(15-11-12)13-6-2-1-3-7-13/h1-3,6-7,10,12,14-15H,4-5,8-9,11H2. The minimum absolute atomic E-state index is 0.508. The van der Waals surface area contributed by atoms with Crippen molar-refractivity contribution in [2.45, 2.75) is 31.7 Å². The van der Waals surface area contributed by atoms with Crippen LogP contribution in [0.1, 0.15) is 37.3 Å². The minimum Gasteiger partial charge on any atom is -0.310 e. The summed E-state index contributed by atoms with van der Waals surface area (Å²) in [5.41, 5.74) is 1.39. The molecule has 16 heavy (non-hydrogen) atoms. The van der Waals surface area contributed by atoms with Gasteiger partial charge in [0, 0.05) is 12.5 Å². The summed E-state index contributed by atoms with van der Waals surface area (Å²) in [5, 5.41) is 3.58. The molecule has 86 valence electrons. The number of piperidine rings is 1. The third-order valence-electron chi connectivity index (χ3n) is 3.41. The second-order valence-corrected chi connectivity index (χ2v) is 4.56. The van der Waals surface area contributed by atoms with E-state index in [1.165, 1.54) is 18.4 Å². The summed E-state index contributed by atoms with van der Waals surface area (Å²) in [6.07, 6.45) is 5.21. The number of aldehydes is 1. The van der Waals surface area contributed by atoms with Crippen LogP contribution in [0.2, 0.25) is 0 Å². The average Bonchev–Trinajstić information content (AvgIpc) is 2.38. The fraction of sp³-hybridized carbons (Fsp3) is 0.500. The molecule has 1 saturated heterocycles. The topological polar surface area (TPSA) is 29.1 Å². The zero-order valence-electron chi connectivity index (χ0n) is 9.56. The molecular formula is C14H19NO. The lowest BCUT2D eigenvalue weighted by Crippen LogP contribution is -2.33. The van der Waals surface area contributed by atoms with Crippen molar-refractivity contribution in [1.29, 1.82) is 0 Å². The number of nitrogens with one attached hydrogen (secondary N) is 1. The third-order valence-corrected chi connectivity index (χ3v) is 3.41. The van der Waals surface area contributed by atoms with Gasteiger partial charge >= 0.3 is 0 Å². The third kappa shape index (κ3) is 2.92. The van der Waals surface area contributed by atoms with Crippen molar-refractivity contribution in [2.75, 3.05) is 6.54 Å². The normalized spacial score (nSPS) is 25.2. The molecule has 1 fully saturated rings. The monoisotopic (exact) mass is 217 g/mol. The van der Waals surface area contributed by atoms with Crippen molar-refractivity contribution >= 4 is 6.29 Å². The molecule has 1 aliphatic heterocycles. The molecule has 2 atom stereocenters. The van der Waals surface area contributed by atoms with Gasteiger partial charge in [0.2, 0.25) is 0 Å². The van der Waals surface area contributed by atoms with Gasteiger partial charge in [0.1, 0.15) is 6.29 Å². The van der Waals surface area contributed by atoms with Crippen LogP contribution in [0.5, 0.6) is 0 Å². The van der Waals surface area contributed by atoms with Gasteiger partial charge in [-0.3, -0.25) is 0 Å². The van der Waals surface area contributed by atoms with Crippen molar-refractivity contribution in [3.05, 3.63) is 35.9 Å². The van der Waals surface area contributed by atoms with Crippen LogP contribution in [0.4, 0.5) is 0 Å². The van der Waals surface area contributed by atoms with Crippen molar-refractivity contribution in [2.24, 2.45) is 5.92 Å². The van der Waals surface area contributed by atoms with Gasteiger partial charge in [0.05, 0.1) is 0 Å². The van der Waals surface area contributed by atoms with Crippen molar-refractivity contribution < 1.29 is 4.79 Å². The highest BCUT2D eigenvalue weighted by molar-refractivity contribution is 5.49. The first kappa shape index (κ1) is 11.3. The molecule has 0 amide bonds. The van der Waals surface area contributed by atoms with E-state index >= 15 is 0 Å². The van der Waals surface area contributed by atoms with E-state index in [1.807, 2.05) is 0 Å². The summed E-state index contributed by atoms with van der Waals surface area (Å²) in [6, 6.07) is 11.1. The van der Waals surface area contributed by atoms with Gasteiger partial charge in [-0.1, -0.05) is 30.3 Å². The lowest BCUT2D eigenvalue weighted by molar-refractivity contribution is -0.108. The molecule has 1 aromatic rings. The van der Waals surface area contributed by atoms with Gasteiger partial charge in [0.25, 0.3) is 0 Å². The van der Waals surface area contributed by atoms with Crippen LogP contribution in [-0.2, 0) is 4.79 Å². The fourth-order valence-electron chi connectivity index (χ4n) is 2.44. The van der Waals surface area contributed by atoms with E-state index in [2.05, 4.69) is 35.6 Å². The number of hydrogen-bond acceptors (Lipinski definition) is 2. The van der Waals surface area contributed by atoms with Gasteiger partial charge in [0.15, 0.2) is 0 Å². The molecule has 0 aromatic heterocycles. The largest absolute Gasteiger partial charge is 0.310 e. The van der Waals surface area contributed by atoms with Crippen LogP contribution in [0.3, 0.4) is 0 Å². The first-order valence-electron chi connectivity index (χ1n) is 6.12. The van der Waals surface area contributed by atoms with Crippen LogP contribution in [-0.4, -0.2) is 12.8 Å². The van der Waals surface area contributed by atoms with Crippen molar-refractivity contribution in [3.8, 4) is 0 Å². The molecule has 1 aromatic carbocycles. The highest BCUT2D eigenvalue weighted by atomic mass is 16.1.